The number of carbonyl (C=O) groups excluding carboxylic acids is 1. The van der Waals surface area contributed by atoms with Crippen LogP contribution in [0.15, 0.2) is 6.20 Å². The second-order valence-electron chi connectivity index (χ2n) is 7.60. The van der Waals surface area contributed by atoms with Gasteiger partial charge in [0.1, 0.15) is 5.60 Å². The number of aryl methyl sites for hydroxylation is 1. The summed E-state index contributed by atoms with van der Waals surface area (Å²) in [4.78, 5) is 12.2. The lowest BCUT2D eigenvalue weighted by atomic mass is 9.86. The summed E-state index contributed by atoms with van der Waals surface area (Å²) >= 11 is 0. The molecular formula is C16H29N3O2. The highest BCUT2D eigenvalue weighted by atomic mass is 16.6. The van der Waals surface area contributed by atoms with Crippen molar-refractivity contribution in [3.63, 3.8) is 0 Å². The van der Waals surface area contributed by atoms with Gasteiger partial charge in [0.05, 0.1) is 11.6 Å². The van der Waals surface area contributed by atoms with E-state index in [9.17, 15) is 4.79 Å². The Morgan fingerprint density at radius 1 is 1.33 bits per heavy atom. The number of nitrogens with zero attached hydrogens (tertiary/aromatic N) is 2. The third-order valence-corrected chi connectivity index (χ3v) is 3.11. The summed E-state index contributed by atoms with van der Waals surface area (Å²) < 4.78 is 7.24. The van der Waals surface area contributed by atoms with E-state index in [1.165, 1.54) is 0 Å². The molecule has 1 heterocycles. The van der Waals surface area contributed by atoms with Crippen LogP contribution >= 0.6 is 0 Å². The Morgan fingerprint density at radius 2 is 1.90 bits per heavy atom. The van der Waals surface area contributed by atoms with Crippen molar-refractivity contribution in [2.24, 2.45) is 18.7 Å². The van der Waals surface area contributed by atoms with Gasteiger partial charge >= 0.3 is 5.97 Å². The fourth-order valence-corrected chi connectivity index (χ4v) is 2.23. The van der Waals surface area contributed by atoms with Gasteiger partial charge in [0, 0.05) is 25.2 Å². The highest BCUT2D eigenvalue weighted by Gasteiger charge is 2.28. The van der Waals surface area contributed by atoms with E-state index in [1.807, 2.05) is 34.0 Å². The quantitative estimate of drug-likeness (QED) is 0.864. The highest BCUT2D eigenvalue weighted by Crippen LogP contribution is 2.26. The maximum absolute atomic E-state index is 12.2. The molecule has 0 aliphatic rings. The van der Waals surface area contributed by atoms with E-state index < -0.39 is 5.60 Å². The molecule has 0 bridgehead atoms. The molecule has 0 aliphatic carbocycles. The average molecular weight is 295 g/mol. The largest absolute Gasteiger partial charge is 0.460 e. The van der Waals surface area contributed by atoms with Crippen molar-refractivity contribution < 1.29 is 9.53 Å². The van der Waals surface area contributed by atoms with Crippen LogP contribution in [0.1, 0.15) is 52.8 Å². The number of nitrogens with two attached hydrogens (primary N) is 1. The molecule has 1 rings (SSSR count). The molecule has 1 unspecified atom stereocenters. The zero-order valence-corrected chi connectivity index (χ0v) is 14.4. The first-order valence-corrected chi connectivity index (χ1v) is 7.40. The van der Waals surface area contributed by atoms with Gasteiger partial charge in [-0.2, -0.15) is 5.10 Å². The van der Waals surface area contributed by atoms with Crippen LogP contribution < -0.4 is 5.73 Å². The predicted molar refractivity (Wildman–Crippen MR) is 84.0 cm³/mol. The maximum Gasteiger partial charge on any atom is 0.311 e. The van der Waals surface area contributed by atoms with Gasteiger partial charge < -0.3 is 10.5 Å². The van der Waals surface area contributed by atoms with Crippen LogP contribution in [-0.4, -0.2) is 27.9 Å². The van der Waals surface area contributed by atoms with Crippen LogP contribution in [0, 0.1) is 5.92 Å². The monoisotopic (exact) mass is 295 g/mol. The van der Waals surface area contributed by atoms with Crippen LogP contribution in [-0.2, 0) is 28.4 Å². The third kappa shape index (κ3) is 5.16. The molecule has 0 fully saturated rings. The summed E-state index contributed by atoms with van der Waals surface area (Å²) in [6, 6.07) is 0. The third-order valence-electron chi connectivity index (χ3n) is 3.11. The first-order chi connectivity index (χ1) is 9.44. The van der Waals surface area contributed by atoms with Crippen LogP contribution in [0.2, 0.25) is 0 Å². The molecule has 5 nitrogen and oxygen atoms in total. The molecule has 1 aromatic heterocycles. The second kappa shape index (κ2) is 6.18. The Morgan fingerprint density at radius 3 is 2.33 bits per heavy atom. The van der Waals surface area contributed by atoms with E-state index in [2.05, 4.69) is 25.9 Å². The van der Waals surface area contributed by atoms with Crippen molar-refractivity contribution in [1.29, 1.82) is 0 Å². The fourth-order valence-electron chi connectivity index (χ4n) is 2.23. The molecule has 0 radical (unpaired) electrons. The fraction of sp³-hybridized carbons (Fsp3) is 0.750. The highest BCUT2D eigenvalue weighted by molar-refractivity contribution is 5.73. The van der Waals surface area contributed by atoms with E-state index in [1.54, 1.807) is 4.68 Å². The SMILES string of the molecule is Cn1cc(CC(CN)C(=O)OC(C)(C)C)c(C(C)(C)C)n1. The number of hydrogen-bond acceptors (Lipinski definition) is 4. The van der Waals surface area contributed by atoms with Crippen LogP contribution in [0.25, 0.3) is 0 Å². The molecule has 0 saturated heterocycles. The number of ether oxygens (including phenoxy) is 1. The van der Waals surface area contributed by atoms with Crippen LogP contribution in [0.3, 0.4) is 0 Å². The molecule has 2 N–H and O–H groups in total. The predicted octanol–water partition coefficient (Wildman–Crippen LogP) is 2.18. The molecule has 0 saturated carbocycles. The smallest absolute Gasteiger partial charge is 0.311 e. The first-order valence-electron chi connectivity index (χ1n) is 7.40. The Balaban J connectivity index is 2.95. The molecule has 21 heavy (non-hydrogen) atoms. The van der Waals surface area contributed by atoms with Gasteiger partial charge in [-0.1, -0.05) is 20.8 Å². The minimum absolute atomic E-state index is 0.0658. The van der Waals surface area contributed by atoms with Crippen molar-refractivity contribution in [2.75, 3.05) is 6.54 Å². The number of esters is 1. The first kappa shape index (κ1) is 17.7. The standard InChI is InChI=1S/C16H29N3O2/c1-15(2,3)13-12(10-19(7)18-13)8-11(9-17)14(20)21-16(4,5)6/h10-11H,8-9,17H2,1-7H3. The Bertz CT molecular complexity index is 493. The Hall–Kier alpha value is -1.36. The topological polar surface area (TPSA) is 70.1 Å². The molecule has 0 amide bonds. The maximum atomic E-state index is 12.2. The van der Waals surface area contributed by atoms with Crippen molar-refractivity contribution in [2.45, 2.75) is 59.0 Å². The molecule has 0 aromatic carbocycles. The lowest BCUT2D eigenvalue weighted by Gasteiger charge is -2.24. The zero-order chi connectivity index (χ0) is 16.4. The number of aromatic nitrogens is 2. The van der Waals surface area contributed by atoms with Gasteiger partial charge in [0.25, 0.3) is 0 Å². The normalized spacial score (nSPS) is 14.1. The van der Waals surface area contributed by atoms with Crippen molar-refractivity contribution in [3.05, 3.63) is 17.5 Å². The molecule has 5 heteroatoms. The summed E-state index contributed by atoms with van der Waals surface area (Å²) in [6.45, 7) is 12.2. The molecule has 1 atom stereocenters. The Labute approximate surface area is 127 Å². The van der Waals surface area contributed by atoms with Gasteiger partial charge in [-0.05, 0) is 32.8 Å². The number of carbonyl (C=O) groups is 1. The molecular weight excluding hydrogens is 266 g/mol. The van der Waals surface area contributed by atoms with Gasteiger partial charge in [-0.25, -0.2) is 0 Å². The van der Waals surface area contributed by atoms with E-state index in [4.69, 9.17) is 10.5 Å². The number of rotatable bonds is 4. The van der Waals surface area contributed by atoms with Gasteiger partial charge in [-0.3, -0.25) is 9.48 Å². The molecule has 120 valence electrons. The van der Waals surface area contributed by atoms with Crippen molar-refractivity contribution in [3.8, 4) is 0 Å². The van der Waals surface area contributed by atoms with Gasteiger partial charge in [0.2, 0.25) is 0 Å². The van der Waals surface area contributed by atoms with Crippen molar-refractivity contribution >= 4 is 5.97 Å². The summed E-state index contributed by atoms with van der Waals surface area (Å²) in [5.74, 6) is -0.580. The summed E-state index contributed by atoms with van der Waals surface area (Å²) in [5, 5.41) is 4.53. The van der Waals surface area contributed by atoms with E-state index >= 15 is 0 Å². The minimum Gasteiger partial charge on any atom is -0.460 e. The minimum atomic E-state index is -0.494. The van der Waals surface area contributed by atoms with E-state index in [0.29, 0.717) is 6.42 Å². The zero-order valence-electron chi connectivity index (χ0n) is 14.4. The van der Waals surface area contributed by atoms with Crippen LogP contribution in [0.4, 0.5) is 0 Å². The summed E-state index contributed by atoms with van der Waals surface area (Å²) in [5.41, 5.74) is 7.29. The Kier molecular flexibility index (Phi) is 5.20. The summed E-state index contributed by atoms with van der Waals surface area (Å²) in [6.07, 6.45) is 2.53. The van der Waals surface area contributed by atoms with Gasteiger partial charge in [-0.15, -0.1) is 0 Å². The lowest BCUT2D eigenvalue weighted by molar-refractivity contribution is -0.159. The van der Waals surface area contributed by atoms with E-state index in [-0.39, 0.29) is 23.8 Å². The summed E-state index contributed by atoms with van der Waals surface area (Å²) in [7, 11) is 1.89. The average Bonchev–Trinajstić information content (AvgIpc) is 2.64. The van der Waals surface area contributed by atoms with Crippen molar-refractivity contribution in [1.82, 2.24) is 9.78 Å². The van der Waals surface area contributed by atoms with E-state index in [0.717, 1.165) is 11.3 Å². The van der Waals surface area contributed by atoms with Gasteiger partial charge in [0.15, 0.2) is 0 Å². The lowest BCUT2D eigenvalue weighted by Crippen LogP contribution is -2.34. The molecule has 0 aliphatic heterocycles. The second-order valence-corrected chi connectivity index (χ2v) is 7.60. The number of hydrogen-bond donors (Lipinski definition) is 1. The molecule has 1 aromatic rings. The van der Waals surface area contributed by atoms with Crippen LogP contribution in [0.5, 0.6) is 0 Å². The molecule has 0 spiro atoms.